The molecule has 1 atom stereocenters. The highest BCUT2D eigenvalue weighted by Gasteiger charge is 2.14. The van der Waals surface area contributed by atoms with Crippen molar-refractivity contribution < 1.29 is 0 Å². The van der Waals surface area contributed by atoms with Crippen LogP contribution < -0.4 is 5.32 Å². The molecule has 3 heteroatoms. The number of fused-ring (bicyclic) bond motifs is 1. The maximum Gasteiger partial charge on any atom is 0.144 e. The predicted octanol–water partition coefficient (Wildman–Crippen LogP) is 1.12. The van der Waals surface area contributed by atoms with Crippen molar-refractivity contribution in [2.45, 2.75) is 10.2 Å². The van der Waals surface area contributed by atoms with Gasteiger partial charge < -0.3 is 5.32 Å². The van der Waals surface area contributed by atoms with E-state index in [0.29, 0.717) is 5.27 Å². The lowest BCUT2D eigenvalue weighted by Gasteiger charge is -1.98. The van der Waals surface area contributed by atoms with E-state index in [0.717, 1.165) is 0 Å². The van der Waals surface area contributed by atoms with Crippen molar-refractivity contribution in [3.63, 3.8) is 0 Å². The van der Waals surface area contributed by atoms with Crippen molar-refractivity contribution in [3.05, 3.63) is 24.3 Å². The van der Waals surface area contributed by atoms with Crippen LogP contribution in [0, 0.1) is 0 Å². The Morgan fingerprint density at radius 1 is 1.40 bits per heavy atom. The van der Waals surface area contributed by atoms with E-state index in [4.69, 9.17) is 0 Å². The first-order valence-electron chi connectivity index (χ1n) is 3.38. The van der Waals surface area contributed by atoms with Gasteiger partial charge in [0.15, 0.2) is 0 Å². The second kappa shape index (κ2) is 2.24. The van der Waals surface area contributed by atoms with Crippen LogP contribution in [0.15, 0.2) is 29.2 Å². The van der Waals surface area contributed by atoms with Crippen LogP contribution in [-0.4, -0.2) is 13.1 Å². The molecule has 0 saturated heterocycles. The van der Waals surface area contributed by atoms with Gasteiger partial charge in [-0.2, -0.15) is 0 Å². The molecule has 0 saturated carbocycles. The van der Waals surface area contributed by atoms with Gasteiger partial charge in [0.1, 0.15) is 7.85 Å². The molecule has 2 rings (SSSR count). The molecule has 10 heavy (non-hydrogen) atoms. The number of nitrogens with one attached hydrogen (secondary N) is 1. The largest absolute Gasteiger partial charge is 0.380 e. The van der Waals surface area contributed by atoms with E-state index in [9.17, 15) is 0 Å². The van der Waals surface area contributed by atoms with Crippen LogP contribution >= 0.6 is 11.8 Å². The molecule has 1 N–H and O–H groups in total. The SMILES string of the molecule is BC1Nc2ccccc2S1. The lowest BCUT2D eigenvalue weighted by molar-refractivity contribution is 1.38. The van der Waals surface area contributed by atoms with Gasteiger partial charge >= 0.3 is 0 Å². The van der Waals surface area contributed by atoms with Crippen molar-refractivity contribution in [1.29, 1.82) is 0 Å². The molecule has 0 bridgehead atoms. The fraction of sp³-hybridized carbons (Fsp3) is 0.143. The van der Waals surface area contributed by atoms with Gasteiger partial charge in [-0.1, -0.05) is 12.1 Å². The summed E-state index contributed by atoms with van der Waals surface area (Å²) in [5.41, 5.74) is 1.28. The monoisotopic (exact) mass is 149 g/mol. The Morgan fingerprint density at radius 3 is 3.00 bits per heavy atom. The minimum absolute atomic E-state index is 0.539. The van der Waals surface area contributed by atoms with E-state index in [2.05, 4.69) is 37.4 Å². The zero-order valence-corrected chi connectivity index (χ0v) is 6.61. The van der Waals surface area contributed by atoms with E-state index >= 15 is 0 Å². The highest BCUT2D eigenvalue weighted by Crippen LogP contribution is 2.36. The Kier molecular flexibility index (Phi) is 1.38. The number of thioether (sulfide) groups is 1. The summed E-state index contributed by atoms with van der Waals surface area (Å²) in [4.78, 5) is 1.37. The van der Waals surface area contributed by atoms with E-state index in [-0.39, 0.29) is 0 Å². The third-order valence-electron chi connectivity index (χ3n) is 1.55. The Morgan fingerprint density at radius 2 is 2.20 bits per heavy atom. The van der Waals surface area contributed by atoms with Gasteiger partial charge in [-0.05, 0) is 12.1 Å². The first-order chi connectivity index (χ1) is 4.86. The van der Waals surface area contributed by atoms with Gasteiger partial charge in [-0.25, -0.2) is 0 Å². The van der Waals surface area contributed by atoms with Gasteiger partial charge in [0, 0.05) is 15.9 Å². The van der Waals surface area contributed by atoms with Gasteiger partial charge in [0.2, 0.25) is 0 Å². The molecule has 1 aromatic carbocycles. The average Bonchev–Trinajstić information content (AvgIpc) is 2.27. The number of anilines is 1. The quantitative estimate of drug-likeness (QED) is 0.554. The predicted molar refractivity (Wildman–Crippen MR) is 48.3 cm³/mol. The van der Waals surface area contributed by atoms with Crippen LogP contribution in [0.1, 0.15) is 0 Å². The summed E-state index contributed by atoms with van der Waals surface area (Å²) in [6.45, 7) is 0. The molecule has 0 amide bonds. The molecule has 1 aliphatic rings. The van der Waals surface area contributed by atoms with E-state index in [1.165, 1.54) is 10.6 Å². The second-order valence-corrected chi connectivity index (χ2v) is 3.78. The first kappa shape index (κ1) is 6.16. The Hall–Kier alpha value is -0.565. The third-order valence-corrected chi connectivity index (χ3v) is 2.63. The zero-order valence-electron chi connectivity index (χ0n) is 5.79. The van der Waals surface area contributed by atoms with Crippen LogP contribution in [0.3, 0.4) is 0 Å². The maximum atomic E-state index is 3.36. The maximum absolute atomic E-state index is 3.36. The summed E-state index contributed by atoms with van der Waals surface area (Å²) < 4.78 is 0. The Balaban J connectivity index is 2.42. The summed E-state index contributed by atoms with van der Waals surface area (Å²) in [7, 11) is 2.17. The smallest absolute Gasteiger partial charge is 0.144 e. The molecule has 1 aliphatic heterocycles. The Labute approximate surface area is 65.6 Å². The van der Waals surface area contributed by atoms with Crippen LogP contribution in [0.2, 0.25) is 0 Å². The Bertz CT molecular complexity index is 226. The minimum atomic E-state index is 0.539. The molecule has 1 heterocycles. The highest BCUT2D eigenvalue weighted by molar-refractivity contribution is 8.01. The van der Waals surface area contributed by atoms with Crippen LogP contribution in [0.25, 0.3) is 0 Å². The molecular formula is C7H8BNS. The van der Waals surface area contributed by atoms with Gasteiger partial charge in [-0.15, -0.1) is 11.8 Å². The van der Waals surface area contributed by atoms with Gasteiger partial charge in [0.25, 0.3) is 0 Å². The third kappa shape index (κ3) is 0.906. The minimum Gasteiger partial charge on any atom is -0.380 e. The number of para-hydroxylation sites is 1. The lowest BCUT2D eigenvalue weighted by Crippen LogP contribution is -2.07. The molecule has 50 valence electrons. The molecule has 1 nitrogen and oxygen atoms in total. The summed E-state index contributed by atoms with van der Waals surface area (Å²) in [6, 6.07) is 8.40. The van der Waals surface area contributed by atoms with Crippen LogP contribution in [0.4, 0.5) is 5.69 Å². The summed E-state index contributed by atoms with van der Waals surface area (Å²) in [6.07, 6.45) is 0. The van der Waals surface area contributed by atoms with Gasteiger partial charge in [0.05, 0.1) is 0 Å². The fourth-order valence-electron chi connectivity index (χ4n) is 1.13. The van der Waals surface area contributed by atoms with Crippen LogP contribution in [-0.2, 0) is 0 Å². The number of hydrogen-bond donors (Lipinski definition) is 1. The number of hydrogen-bond acceptors (Lipinski definition) is 2. The van der Waals surface area contributed by atoms with Crippen LogP contribution in [0.5, 0.6) is 0 Å². The van der Waals surface area contributed by atoms with Crippen molar-refractivity contribution in [2.24, 2.45) is 0 Å². The molecular weight excluding hydrogens is 141 g/mol. The van der Waals surface area contributed by atoms with Crippen molar-refractivity contribution in [3.8, 4) is 0 Å². The van der Waals surface area contributed by atoms with E-state index in [1.54, 1.807) is 0 Å². The van der Waals surface area contributed by atoms with Crippen molar-refractivity contribution >= 4 is 25.3 Å². The first-order valence-corrected chi connectivity index (χ1v) is 4.26. The molecule has 1 unspecified atom stereocenters. The number of benzene rings is 1. The highest BCUT2D eigenvalue weighted by atomic mass is 32.2. The normalized spacial score (nSPS) is 21.8. The van der Waals surface area contributed by atoms with Crippen molar-refractivity contribution in [2.75, 3.05) is 5.32 Å². The lowest BCUT2D eigenvalue weighted by atomic mass is 10.1. The topological polar surface area (TPSA) is 12.0 Å². The van der Waals surface area contributed by atoms with Crippen molar-refractivity contribution in [1.82, 2.24) is 0 Å². The average molecular weight is 149 g/mol. The molecule has 0 radical (unpaired) electrons. The van der Waals surface area contributed by atoms with E-state index in [1.807, 2.05) is 11.8 Å². The number of rotatable bonds is 0. The molecule has 0 fully saturated rings. The zero-order chi connectivity index (χ0) is 6.97. The fourth-order valence-corrected chi connectivity index (χ4v) is 2.11. The van der Waals surface area contributed by atoms with E-state index < -0.39 is 0 Å². The molecule has 0 aliphatic carbocycles. The summed E-state index contributed by atoms with van der Waals surface area (Å²) >= 11 is 1.88. The molecule has 1 aromatic rings. The summed E-state index contributed by atoms with van der Waals surface area (Å²) in [5.74, 6) is 0. The molecule has 0 aromatic heterocycles. The van der Waals surface area contributed by atoms with Gasteiger partial charge in [-0.3, -0.25) is 0 Å². The second-order valence-electron chi connectivity index (χ2n) is 2.40. The molecule has 0 spiro atoms. The summed E-state index contributed by atoms with van der Waals surface area (Å²) in [5, 5.41) is 3.90. The standard InChI is InChI=1S/C7H8BNS/c8-7-9-5-3-1-2-4-6(5)10-7/h1-4,7,9H,8H2.